The highest BCUT2D eigenvalue weighted by Crippen LogP contribution is 2.25. The zero-order valence-electron chi connectivity index (χ0n) is 14.4. The summed E-state index contributed by atoms with van der Waals surface area (Å²) in [7, 11) is 5.31. The fourth-order valence-electron chi connectivity index (χ4n) is 4.50. The van der Waals surface area contributed by atoms with Crippen molar-refractivity contribution in [1.82, 2.24) is 0 Å². The van der Waals surface area contributed by atoms with Crippen molar-refractivity contribution in [2.75, 3.05) is 0 Å². The van der Waals surface area contributed by atoms with Crippen LogP contribution in [0.4, 0.5) is 0 Å². The van der Waals surface area contributed by atoms with Gasteiger partial charge in [-0.25, -0.2) is 0 Å². The zero-order valence-corrected chi connectivity index (χ0v) is 28.7. The van der Waals surface area contributed by atoms with Crippen molar-refractivity contribution in [2.45, 2.75) is 54.3 Å². The van der Waals surface area contributed by atoms with Crippen molar-refractivity contribution in [3.8, 4) is 0 Å². The molecule has 0 aromatic heterocycles. The maximum Gasteiger partial charge on any atom is 0.0274 e. The summed E-state index contributed by atoms with van der Waals surface area (Å²) in [5.74, 6) is 0. The molecular weight excluding hydrogens is 389 g/mol. The van der Waals surface area contributed by atoms with Gasteiger partial charge in [-0.3, -0.25) is 0 Å². The van der Waals surface area contributed by atoms with Gasteiger partial charge in [0.1, 0.15) is 0 Å². The molecule has 0 bridgehead atoms. The summed E-state index contributed by atoms with van der Waals surface area (Å²) in [6.45, 7) is 11.1. The van der Waals surface area contributed by atoms with E-state index in [1.54, 1.807) is 20.5 Å². The van der Waals surface area contributed by atoms with Gasteiger partial charge < -0.3 is 0 Å². The van der Waals surface area contributed by atoms with Crippen molar-refractivity contribution in [3.63, 3.8) is 0 Å². The third-order valence-electron chi connectivity index (χ3n) is 5.93. The Bertz CT molecular complexity index is 251. The Morgan fingerprint density at radius 3 is 2.68 bits per heavy atom. The Hall–Kier alpha value is 2.17. The van der Waals surface area contributed by atoms with Crippen LogP contribution < -0.4 is 0 Å². The predicted octanol–water partition coefficient (Wildman–Crippen LogP) is -4.23. The molecule has 0 aromatic rings. The van der Waals surface area contributed by atoms with E-state index in [2.05, 4.69) is 26.2 Å². The molecule has 0 nitrogen and oxygen atoms in total. The second kappa shape index (κ2) is 10.0. The van der Waals surface area contributed by atoms with Gasteiger partial charge in [-0.1, -0.05) is 54.3 Å². The summed E-state index contributed by atoms with van der Waals surface area (Å²) >= 11 is 0. The average molecular weight is 427 g/mol. The minimum Gasteiger partial charge on any atom is -0.0750 e. The lowest BCUT2D eigenvalue weighted by Gasteiger charge is -2.34. The third kappa shape index (κ3) is 6.85. The van der Waals surface area contributed by atoms with Gasteiger partial charge in [-0.05, 0) is 17.1 Å². The first kappa shape index (κ1) is 19.2. The van der Waals surface area contributed by atoms with Crippen molar-refractivity contribution < 1.29 is 0 Å². The Morgan fingerprint density at radius 2 is 2.05 bits per heavy atom. The molecule has 0 N–H and O–H groups in total. The molecule has 0 saturated carbocycles. The van der Waals surface area contributed by atoms with Crippen LogP contribution in [0.25, 0.3) is 0 Å². The summed E-state index contributed by atoms with van der Waals surface area (Å²) in [5.41, 5.74) is 5.15. The van der Waals surface area contributed by atoms with Crippen molar-refractivity contribution in [3.05, 3.63) is 0 Å². The molecule has 10 heteroatoms. The van der Waals surface area contributed by atoms with Crippen molar-refractivity contribution in [1.29, 1.82) is 0 Å². The monoisotopic (exact) mass is 426 g/mol. The molecule has 6 unspecified atom stereocenters. The van der Waals surface area contributed by atoms with E-state index in [4.69, 9.17) is 0 Å². The van der Waals surface area contributed by atoms with E-state index in [-0.39, 0.29) is 32.8 Å². The maximum absolute atomic E-state index is 2.91. The first-order valence-corrected chi connectivity index (χ1v) is 37.8. The normalized spacial score (nSPS) is 41.1. The van der Waals surface area contributed by atoms with Crippen LogP contribution in [0.3, 0.4) is 0 Å². The SMILES string of the molecule is C[SiH2]C[SiH](C)C[SiH](C)[SiH]1[SiH2][SiH2][SiH2]C([SiH3])C([SiH3])C[SiH]1C. The van der Waals surface area contributed by atoms with Crippen LogP contribution >= 0.6 is 0 Å². The minimum atomic E-state index is -0.168. The minimum absolute atomic E-state index is 0.0656. The topological polar surface area (TPSA) is 0 Å². The van der Waals surface area contributed by atoms with E-state index >= 15 is 0 Å². The zero-order chi connectivity index (χ0) is 14.4. The molecule has 1 aliphatic rings. The van der Waals surface area contributed by atoms with Gasteiger partial charge in [-0.2, -0.15) is 0 Å². The molecular formula is C9H38Si10. The Kier molecular flexibility index (Phi) is 10.2. The fourth-order valence-corrected chi connectivity index (χ4v) is 199. The summed E-state index contributed by atoms with van der Waals surface area (Å²) in [6, 6.07) is 1.90. The van der Waals surface area contributed by atoms with Gasteiger partial charge in [0, 0.05) is 71.8 Å². The molecule has 0 spiro atoms. The quantitative estimate of drug-likeness (QED) is 0.391. The second-order valence-electron chi connectivity index (χ2n) is 7.87. The molecule has 0 amide bonds. The van der Waals surface area contributed by atoms with Gasteiger partial charge in [0.25, 0.3) is 0 Å². The lowest BCUT2D eigenvalue weighted by Crippen LogP contribution is -2.56. The summed E-state index contributed by atoms with van der Waals surface area (Å²) in [5, 5.41) is 1.46. The van der Waals surface area contributed by atoms with Crippen LogP contribution in [0.2, 0.25) is 54.3 Å². The maximum atomic E-state index is 2.91. The van der Waals surface area contributed by atoms with E-state index in [0.717, 1.165) is 0 Å². The molecule has 114 valence electrons. The molecule has 1 rings (SSSR count). The van der Waals surface area contributed by atoms with Crippen molar-refractivity contribution in [2.24, 2.45) is 0 Å². The standard InChI is InChI=1S/C9H38Si10/c1-12-6-16(2)7-18(4)19-15-14-13-9(11)8(10)5-17(19)3/h8-9,16-19H,5-7,12-15H2,1-4,10-11H3. The van der Waals surface area contributed by atoms with Crippen LogP contribution in [0.15, 0.2) is 0 Å². The van der Waals surface area contributed by atoms with E-state index in [1.807, 2.05) is 17.4 Å². The first-order chi connectivity index (χ1) is 8.95. The van der Waals surface area contributed by atoms with E-state index in [0.29, 0.717) is 35.7 Å². The van der Waals surface area contributed by atoms with Gasteiger partial charge in [0.2, 0.25) is 0 Å². The molecule has 1 heterocycles. The number of hydrogen-bond acceptors (Lipinski definition) is 0. The molecule has 1 fully saturated rings. The molecule has 19 heavy (non-hydrogen) atoms. The first-order valence-electron chi connectivity index (χ1n) is 8.95. The lowest BCUT2D eigenvalue weighted by atomic mass is 10.5. The van der Waals surface area contributed by atoms with E-state index < -0.39 is 0 Å². The van der Waals surface area contributed by atoms with Gasteiger partial charge in [0.15, 0.2) is 0 Å². The Labute approximate surface area is 142 Å². The average Bonchev–Trinajstić information content (AvgIpc) is 2.32. The van der Waals surface area contributed by atoms with E-state index in [1.165, 1.54) is 10.7 Å². The number of hydrogen-bond donors (Lipinski definition) is 0. The molecule has 1 aliphatic heterocycles. The summed E-state index contributed by atoms with van der Waals surface area (Å²) < 4.78 is 0. The highest BCUT2D eigenvalue weighted by atomic mass is 30.0. The highest BCUT2D eigenvalue weighted by molar-refractivity contribution is 7.77. The molecule has 1 saturated heterocycles. The largest absolute Gasteiger partial charge is 0.0750 e. The lowest BCUT2D eigenvalue weighted by molar-refractivity contribution is 0.998. The third-order valence-corrected chi connectivity index (χ3v) is 125. The van der Waals surface area contributed by atoms with Crippen LogP contribution in [0, 0.1) is 0 Å². The Balaban J connectivity index is 2.54. The smallest absolute Gasteiger partial charge is 0.0274 e. The van der Waals surface area contributed by atoms with Gasteiger partial charge >= 0.3 is 0 Å². The Morgan fingerprint density at radius 1 is 1.37 bits per heavy atom. The number of rotatable bonds is 5. The molecule has 0 aliphatic carbocycles. The van der Waals surface area contributed by atoms with Crippen LogP contribution in [0.5, 0.6) is 0 Å². The summed E-state index contributed by atoms with van der Waals surface area (Å²) in [4.78, 5) is 0. The van der Waals surface area contributed by atoms with Gasteiger partial charge in [-0.15, -0.1) is 0 Å². The fraction of sp³-hybridized carbons (Fsp3) is 1.00. The van der Waals surface area contributed by atoms with Gasteiger partial charge in [0.05, 0.1) is 0 Å². The molecule has 6 atom stereocenters. The molecule has 0 radical (unpaired) electrons. The summed E-state index contributed by atoms with van der Waals surface area (Å²) in [6.07, 6.45) is 0. The second-order valence-corrected chi connectivity index (χ2v) is 68.6. The van der Waals surface area contributed by atoms with E-state index in [9.17, 15) is 0 Å². The van der Waals surface area contributed by atoms with Crippen molar-refractivity contribution >= 4 is 88.9 Å². The van der Waals surface area contributed by atoms with Crippen LogP contribution in [-0.2, 0) is 0 Å². The van der Waals surface area contributed by atoms with Crippen LogP contribution in [0.1, 0.15) is 0 Å². The van der Waals surface area contributed by atoms with Crippen LogP contribution in [-0.4, -0.2) is 88.9 Å². The molecule has 0 aromatic carbocycles. The predicted molar refractivity (Wildman–Crippen MR) is 128 cm³/mol. The highest BCUT2D eigenvalue weighted by Gasteiger charge is 2.32.